The first kappa shape index (κ1) is 14.0. The Morgan fingerprint density at radius 2 is 1.89 bits per heavy atom. The Balaban J connectivity index is 1.97. The minimum atomic E-state index is 0.669. The number of halogens is 1. The number of hydrogen-bond donors (Lipinski definition) is 1. The summed E-state index contributed by atoms with van der Waals surface area (Å²) in [5.74, 6) is 0.798. The maximum absolute atomic E-state index is 6.12. The average molecular weight is 276 g/mol. The van der Waals surface area contributed by atoms with Gasteiger partial charge in [0.2, 0.25) is 0 Å². The molecule has 0 amide bonds. The van der Waals surface area contributed by atoms with Crippen molar-refractivity contribution in [1.82, 2.24) is 15.3 Å². The summed E-state index contributed by atoms with van der Waals surface area (Å²) in [6, 6.07) is 7.79. The Hall–Kier alpha value is -1.45. The highest BCUT2D eigenvalue weighted by Crippen LogP contribution is 2.17. The van der Waals surface area contributed by atoms with Gasteiger partial charge in [0.05, 0.1) is 0 Å². The van der Waals surface area contributed by atoms with Gasteiger partial charge in [-0.05, 0) is 24.6 Å². The highest BCUT2D eigenvalue weighted by atomic mass is 35.5. The summed E-state index contributed by atoms with van der Waals surface area (Å²) in [6.07, 6.45) is 5.55. The van der Waals surface area contributed by atoms with E-state index in [-0.39, 0.29) is 0 Å². The lowest BCUT2D eigenvalue weighted by molar-refractivity contribution is 0.670. The number of hydrogen-bond acceptors (Lipinski definition) is 3. The highest BCUT2D eigenvalue weighted by Gasteiger charge is 2.03. The standard InChI is InChI=1S/C15H18ClN3/c1-2-7-17-9-12-10-18-15(19-11-12)8-13-5-3-4-6-14(13)16/h3-6,10-11,17H,2,7-9H2,1H3. The summed E-state index contributed by atoms with van der Waals surface area (Å²) in [7, 11) is 0. The normalized spacial score (nSPS) is 10.6. The van der Waals surface area contributed by atoms with E-state index < -0.39 is 0 Å². The molecular formula is C15H18ClN3. The molecular weight excluding hydrogens is 258 g/mol. The van der Waals surface area contributed by atoms with Crippen LogP contribution in [-0.2, 0) is 13.0 Å². The molecule has 4 heteroatoms. The van der Waals surface area contributed by atoms with E-state index in [1.165, 1.54) is 0 Å². The van der Waals surface area contributed by atoms with Crippen molar-refractivity contribution in [2.24, 2.45) is 0 Å². The van der Waals surface area contributed by atoms with Gasteiger partial charge in [-0.3, -0.25) is 0 Å². The molecule has 1 heterocycles. The first-order valence-corrected chi connectivity index (χ1v) is 6.91. The maximum atomic E-state index is 6.12. The Kier molecular flexibility index (Phi) is 5.31. The van der Waals surface area contributed by atoms with E-state index in [0.717, 1.165) is 41.5 Å². The van der Waals surface area contributed by atoms with E-state index in [0.29, 0.717) is 6.42 Å². The second-order valence-corrected chi connectivity index (χ2v) is 4.86. The fourth-order valence-electron chi connectivity index (χ4n) is 1.79. The van der Waals surface area contributed by atoms with Crippen LogP contribution in [0.1, 0.15) is 30.3 Å². The average Bonchev–Trinajstić information content (AvgIpc) is 2.44. The van der Waals surface area contributed by atoms with Gasteiger partial charge in [0.25, 0.3) is 0 Å². The fourth-order valence-corrected chi connectivity index (χ4v) is 1.99. The maximum Gasteiger partial charge on any atom is 0.132 e. The van der Waals surface area contributed by atoms with Gasteiger partial charge in [-0.2, -0.15) is 0 Å². The summed E-state index contributed by atoms with van der Waals surface area (Å²) in [4.78, 5) is 8.77. The van der Waals surface area contributed by atoms with E-state index in [1.54, 1.807) is 0 Å². The van der Waals surface area contributed by atoms with Crippen molar-refractivity contribution in [3.8, 4) is 0 Å². The molecule has 0 aliphatic heterocycles. The molecule has 100 valence electrons. The smallest absolute Gasteiger partial charge is 0.132 e. The van der Waals surface area contributed by atoms with Gasteiger partial charge in [-0.1, -0.05) is 36.7 Å². The molecule has 0 saturated heterocycles. The molecule has 0 fully saturated rings. The van der Waals surface area contributed by atoms with Crippen LogP contribution in [0.2, 0.25) is 5.02 Å². The van der Waals surface area contributed by atoms with Crippen LogP contribution in [0.25, 0.3) is 0 Å². The van der Waals surface area contributed by atoms with Crippen LogP contribution in [0.5, 0.6) is 0 Å². The van der Waals surface area contributed by atoms with Crippen molar-refractivity contribution in [2.45, 2.75) is 26.3 Å². The first-order chi connectivity index (χ1) is 9.29. The second-order valence-electron chi connectivity index (χ2n) is 4.45. The van der Waals surface area contributed by atoms with Gasteiger partial charge >= 0.3 is 0 Å². The number of aromatic nitrogens is 2. The molecule has 0 unspecified atom stereocenters. The molecule has 0 aliphatic rings. The SMILES string of the molecule is CCCNCc1cnc(Cc2ccccc2Cl)nc1. The second kappa shape index (κ2) is 7.22. The molecule has 3 nitrogen and oxygen atoms in total. The Bertz CT molecular complexity index is 511. The van der Waals surface area contributed by atoms with Crippen LogP contribution in [0.15, 0.2) is 36.7 Å². The molecule has 2 aromatic rings. The van der Waals surface area contributed by atoms with Gasteiger partial charge in [-0.15, -0.1) is 0 Å². The van der Waals surface area contributed by atoms with Crippen molar-refractivity contribution in [3.63, 3.8) is 0 Å². The minimum absolute atomic E-state index is 0.669. The number of benzene rings is 1. The monoisotopic (exact) mass is 275 g/mol. The van der Waals surface area contributed by atoms with Crippen LogP contribution >= 0.6 is 11.6 Å². The zero-order chi connectivity index (χ0) is 13.5. The third kappa shape index (κ3) is 4.30. The highest BCUT2D eigenvalue weighted by molar-refractivity contribution is 6.31. The Morgan fingerprint density at radius 1 is 1.16 bits per heavy atom. The largest absolute Gasteiger partial charge is 0.313 e. The molecule has 0 atom stereocenters. The van der Waals surface area contributed by atoms with Crippen LogP contribution in [0.4, 0.5) is 0 Å². The van der Waals surface area contributed by atoms with E-state index in [9.17, 15) is 0 Å². The van der Waals surface area contributed by atoms with Gasteiger partial charge in [0, 0.05) is 35.9 Å². The van der Waals surface area contributed by atoms with Crippen molar-refractivity contribution >= 4 is 11.6 Å². The molecule has 19 heavy (non-hydrogen) atoms. The molecule has 1 aromatic carbocycles. The van der Waals surface area contributed by atoms with Crippen LogP contribution in [-0.4, -0.2) is 16.5 Å². The van der Waals surface area contributed by atoms with Crippen molar-refractivity contribution in [2.75, 3.05) is 6.54 Å². The molecule has 0 aliphatic carbocycles. The fraction of sp³-hybridized carbons (Fsp3) is 0.333. The lowest BCUT2D eigenvalue weighted by Crippen LogP contribution is -2.14. The van der Waals surface area contributed by atoms with Crippen molar-refractivity contribution < 1.29 is 0 Å². The summed E-state index contributed by atoms with van der Waals surface area (Å²) in [5.41, 5.74) is 2.16. The van der Waals surface area contributed by atoms with E-state index in [4.69, 9.17) is 11.6 Å². The first-order valence-electron chi connectivity index (χ1n) is 6.53. The van der Waals surface area contributed by atoms with E-state index in [1.807, 2.05) is 36.7 Å². The summed E-state index contributed by atoms with van der Waals surface area (Å²) < 4.78 is 0. The molecule has 1 aromatic heterocycles. The molecule has 0 saturated carbocycles. The lowest BCUT2D eigenvalue weighted by Gasteiger charge is -2.05. The quantitative estimate of drug-likeness (QED) is 0.823. The van der Waals surface area contributed by atoms with Crippen LogP contribution in [0.3, 0.4) is 0 Å². The number of rotatable bonds is 6. The zero-order valence-electron chi connectivity index (χ0n) is 11.1. The predicted molar refractivity (Wildman–Crippen MR) is 78.3 cm³/mol. The molecule has 0 bridgehead atoms. The van der Waals surface area contributed by atoms with Gasteiger partial charge in [0.1, 0.15) is 5.82 Å². The lowest BCUT2D eigenvalue weighted by atomic mass is 10.1. The van der Waals surface area contributed by atoms with Crippen LogP contribution < -0.4 is 5.32 Å². The number of nitrogens with one attached hydrogen (secondary N) is 1. The number of nitrogens with zero attached hydrogens (tertiary/aromatic N) is 2. The molecule has 2 rings (SSSR count). The molecule has 0 spiro atoms. The van der Waals surface area contributed by atoms with Crippen LogP contribution in [0, 0.1) is 0 Å². The minimum Gasteiger partial charge on any atom is -0.313 e. The summed E-state index contributed by atoms with van der Waals surface area (Å²) in [5, 5.41) is 4.09. The van der Waals surface area contributed by atoms with Crippen molar-refractivity contribution in [1.29, 1.82) is 0 Å². The topological polar surface area (TPSA) is 37.8 Å². The van der Waals surface area contributed by atoms with E-state index in [2.05, 4.69) is 22.2 Å². The third-order valence-corrected chi connectivity index (χ3v) is 3.19. The summed E-state index contributed by atoms with van der Waals surface area (Å²) >= 11 is 6.12. The Morgan fingerprint density at radius 3 is 2.58 bits per heavy atom. The predicted octanol–water partition coefficient (Wildman–Crippen LogP) is 3.22. The van der Waals surface area contributed by atoms with Gasteiger partial charge < -0.3 is 5.32 Å². The molecule has 0 radical (unpaired) electrons. The van der Waals surface area contributed by atoms with Gasteiger partial charge in [0.15, 0.2) is 0 Å². The summed E-state index contributed by atoms with van der Waals surface area (Å²) in [6.45, 7) is 3.98. The van der Waals surface area contributed by atoms with Gasteiger partial charge in [-0.25, -0.2) is 9.97 Å². The molecule has 1 N–H and O–H groups in total. The van der Waals surface area contributed by atoms with Crippen molar-refractivity contribution in [3.05, 3.63) is 58.6 Å². The van der Waals surface area contributed by atoms with E-state index >= 15 is 0 Å². The third-order valence-electron chi connectivity index (χ3n) is 2.82. The zero-order valence-corrected chi connectivity index (χ0v) is 11.8. The Labute approximate surface area is 119 Å².